The van der Waals surface area contributed by atoms with Crippen LogP contribution in [0.3, 0.4) is 0 Å². The molecule has 2 aliphatic rings. The van der Waals surface area contributed by atoms with Gasteiger partial charge in [0.1, 0.15) is 6.61 Å². The summed E-state index contributed by atoms with van der Waals surface area (Å²) < 4.78 is 19.2. The third-order valence-corrected chi connectivity index (χ3v) is 8.04. The summed E-state index contributed by atoms with van der Waals surface area (Å²) in [7, 11) is 1.34. The Labute approximate surface area is 243 Å². The van der Waals surface area contributed by atoms with Crippen molar-refractivity contribution in [3.63, 3.8) is 0 Å². The van der Waals surface area contributed by atoms with E-state index in [0.29, 0.717) is 62.9 Å². The standard InChI is InChI=1S/C30H25BrINO5/c1-4-37-23-13-21(22(31)14-24(23)38-15-17-9-11-18(32)12-10-17)26-25(30(35)36-3)16(2)33-28-19-7-5-6-8-20(19)29(34)27(26)28/h5-14,26,33H,4,15H2,1-3H3/t26-/m0/s1. The summed E-state index contributed by atoms with van der Waals surface area (Å²) in [5.41, 5.74) is 5.40. The minimum atomic E-state index is -0.669. The molecule has 1 heterocycles. The molecule has 8 heteroatoms. The normalized spacial score (nSPS) is 16.1. The van der Waals surface area contributed by atoms with Gasteiger partial charge in [0.15, 0.2) is 17.3 Å². The third kappa shape index (κ3) is 4.75. The monoisotopic (exact) mass is 685 g/mol. The molecule has 0 radical (unpaired) electrons. The van der Waals surface area contributed by atoms with E-state index >= 15 is 0 Å². The Morgan fingerprint density at radius 3 is 2.39 bits per heavy atom. The van der Waals surface area contributed by atoms with Crippen molar-refractivity contribution in [1.82, 2.24) is 5.32 Å². The van der Waals surface area contributed by atoms with Crippen molar-refractivity contribution in [2.24, 2.45) is 0 Å². The summed E-state index contributed by atoms with van der Waals surface area (Å²) in [6, 6.07) is 19.3. The molecule has 38 heavy (non-hydrogen) atoms. The quantitative estimate of drug-likeness (QED) is 0.219. The van der Waals surface area contributed by atoms with Crippen LogP contribution < -0.4 is 14.8 Å². The highest BCUT2D eigenvalue weighted by Crippen LogP contribution is 2.50. The molecule has 3 aromatic carbocycles. The molecule has 0 spiro atoms. The van der Waals surface area contributed by atoms with Gasteiger partial charge in [-0.15, -0.1) is 0 Å². The van der Waals surface area contributed by atoms with Crippen molar-refractivity contribution in [3.8, 4) is 11.5 Å². The number of halogens is 2. The molecule has 0 saturated carbocycles. The van der Waals surface area contributed by atoms with E-state index in [1.165, 1.54) is 7.11 Å². The zero-order valence-corrected chi connectivity index (χ0v) is 24.8. The van der Waals surface area contributed by atoms with Crippen LogP contribution in [0.5, 0.6) is 11.5 Å². The summed E-state index contributed by atoms with van der Waals surface area (Å²) >= 11 is 5.98. The Balaban J connectivity index is 1.61. The van der Waals surface area contributed by atoms with Crippen LogP contribution in [-0.2, 0) is 16.1 Å². The minimum absolute atomic E-state index is 0.120. The van der Waals surface area contributed by atoms with Gasteiger partial charge in [0.2, 0.25) is 0 Å². The van der Waals surface area contributed by atoms with Crippen molar-refractivity contribution in [2.45, 2.75) is 26.4 Å². The number of fused-ring (bicyclic) bond motifs is 2. The molecule has 1 N–H and O–H groups in total. The van der Waals surface area contributed by atoms with Crippen molar-refractivity contribution in [2.75, 3.05) is 13.7 Å². The first-order chi connectivity index (χ1) is 18.3. The molecule has 0 bridgehead atoms. The predicted molar refractivity (Wildman–Crippen MR) is 157 cm³/mol. The largest absolute Gasteiger partial charge is 0.490 e. The average molecular weight is 686 g/mol. The highest BCUT2D eigenvalue weighted by Gasteiger charge is 2.43. The summed E-state index contributed by atoms with van der Waals surface area (Å²) in [6.07, 6.45) is 0. The van der Waals surface area contributed by atoms with Crippen LogP contribution in [0.15, 0.2) is 82.0 Å². The SMILES string of the molecule is CCOc1cc([C@H]2C(C(=O)OC)=C(C)NC3=C2C(=O)c2ccccc23)c(Br)cc1OCc1ccc(I)cc1. The predicted octanol–water partition coefficient (Wildman–Crippen LogP) is 6.77. The van der Waals surface area contributed by atoms with Gasteiger partial charge in [-0.25, -0.2) is 4.79 Å². The number of carbonyl (C=O) groups is 2. The molecule has 1 aliphatic carbocycles. The number of Topliss-reactive ketones (excluding diaryl/α,β-unsaturated/α-hetero) is 1. The van der Waals surface area contributed by atoms with Crippen molar-refractivity contribution >= 4 is 56.0 Å². The second-order valence-corrected chi connectivity index (χ2v) is 11.0. The topological polar surface area (TPSA) is 73.9 Å². The van der Waals surface area contributed by atoms with Gasteiger partial charge in [0, 0.05) is 30.4 Å². The van der Waals surface area contributed by atoms with Gasteiger partial charge < -0.3 is 19.5 Å². The number of ether oxygens (including phenoxy) is 3. The van der Waals surface area contributed by atoms with Gasteiger partial charge in [-0.3, -0.25) is 4.79 Å². The summed E-state index contributed by atoms with van der Waals surface area (Å²) in [5, 5.41) is 3.31. The van der Waals surface area contributed by atoms with E-state index < -0.39 is 11.9 Å². The van der Waals surface area contributed by atoms with Crippen LogP contribution >= 0.6 is 38.5 Å². The first-order valence-corrected chi connectivity index (χ1v) is 14.0. The number of esters is 1. The number of hydrogen-bond acceptors (Lipinski definition) is 6. The van der Waals surface area contributed by atoms with Crippen LogP contribution in [0, 0.1) is 3.57 Å². The van der Waals surface area contributed by atoms with E-state index in [2.05, 4.69) is 43.8 Å². The van der Waals surface area contributed by atoms with Gasteiger partial charge in [0.25, 0.3) is 0 Å². The average Bonchev–Trinajstić information content (AvgIpc) is 3.20. The van der Waals surface area contributed by atoms with Gasteiger partial charge in [-0.1, -0.05) is 52.3 Å². The number of carbonyl (C=O) groups excluding carboxylic acids is 2. The Kier molecular flexibility index (Phi) is 7.63. The number of dihydropyridines is 1. The second-order valence-electron chi connectivity index (χ2n) is 8.92. The van der Waals surface area contributed by atoms with Crippen molar-refractivity contribution in [1.29, 1.82) is 0 Å². The van der Waals surface area contributed by atoms with Gasteiger partial charge in [0.05, 0.1) is 30.9 Å². The van der Waals surface area contributed by atoms with E-state index in [0.717, 1.165) is 14.7 Å². The zero-order valence-electron chi connectivity index (χ0n) is 21.1. The molecule has 1 aliphatic heterocycles. The molecule has 5 rings (SSSR count). The van der Waals surface area contributed by atoms with Gasteiger partial charge in [-0.05, 0) is 71.8 Å². The van der Waals surface area contributed by atoms with Crippen LogP contribution in [-0.4, -0.2) is 25.5 Å². The van der Waals surface area contributed by atoms with E-state index in [9.17, 15) is 9.59 Å². The molecular formula is C30H25BrINO5. The number of allylic oxidation sites excluding steroid dienone is 2. The molecule has 1 atom stereocenters. The van der Waals surface area contributed by atoms with Crippen LogP contribution in [0.25, 0.3) is 5.70 Å². The zero-order chi connectivity index (χ0) is 27.0. The molecule has 0 saturated heterocycles. The first kappa shape index (κ1) is 26.5. The molecule has 0 unspecified atom stereocenters. The fourth-order valence-electron chi connectivity index (χ4n) is 4.92. The number of hydrogen-bond donors (Lipinski definition) is 1. The molecule has 6 nitrogen and oxygen atoms in total. The number of methoxy groups -OCH3 is 1. The van der Waals surface area contributed by atoms with E-state index in [1.807, 2.05) is 74.5 Å². The smallest absolute Gasteiger partial charge is 0.336 e. The van der Waals surface area contributed by atoms with Crippen molar-refractivity contribution < 1.29 is 23.8 Å². The lowest BCUT2D eigenvalue weighted by Gasteiger charge is -2.30. The van der Waals surface area contributed by atoms with E-state index in [4.69, 9.17) is 14.2 Å². The molecular weight excluding hydrogens is 661 g/mol. The van der Waals surface area contributed by atoms with Gasteiger partial charge >= 0.3 is 5.97 Å². The molecule has 0 amide bonds. The number of benzene rings is 3. The van der Waals surface area contributed by atoms with E-state index in [1.54, 1.807) is 0 Å². The number of rotatable bonds is 7. The lowest BCUT2D eigenvalue weighted by Crippen LogP contribution is -2.29. The highest BCUT2D eigenvalue weighted by atomic mass is 127. The third-order valence-electron chi connectivity index (χ3n) is 6.64. The number of nitrogens with one attached hydrogen (secondary N) is 1. The molecule has 194 valence electrons. The summed E-state index contributed by atoms with van der Waals surface area (Å²) in [5.74, 6) is -0.199. The van der Waals surface area contributed by atoms with Crippen LogP contribution in [0.1, 0.15) is 46.8 Å². The Morgan fingerprint density at radius 1 is 1.03 bits per heavy atom. The summed E-state index contributed by atoms with van der Waals surface area (Å²) in [4.78, 5) is 26.8. The second kappa shape index (κ2) is 10.9. The molecule has 3 aromatic rings. The Bertz CT molecular complexity index is 1510. The number of ketones is 1. The van der Waals surface area contributed by atoms with E-state index in [-0.39, 0.29) is 5.78 Å². The summed E-state index contributed by atoms with van der Waals surface area (Å²) in [6.45, 7) is 4.51. The fraction of sp³-hybridized carbons (Fsp3) is 0.200. The molecule has 0 fully saturated rings. The molecule has 0 aromatic heterocycles. The maximum absolute atomic E-state index is 13.7. The van der Waals surface area contributed by atoms with Crippen molar-refractivity contribution in [3.05, 3.63) is 108 Å². The fourth-order valence-corrected chi connectivity index (χ4v) is 5.83. The maximum atomic E-state index is 13.7. The highest BCUT2D eigenvalue weighted by molar-refractivity contribution is 14.1. The van der Waals surface area contributed by atoms with Gasteiger partial charge in [-0.2, -0.15) is 0 Å². The Hall–Kier alpha value is -3.11. The minimum Gasteiger partial charge on any atom is -0.490 e. The Morgan fingerprint density at radius 2 is 1.71 bits per heavy atom. The lowest BCUT2D eigenvalue weighted by atomic mass is 9.79. The van der Waals surface area contributed by atoms with Crippen LogP contribution in [0.4, 0.5) is 0 Å². The first-order valence-electron chi connectivity index (χ1n) is 12.1. The maximum Gasteiger partial charge on any atom is 0.336 e. The lowest BCUT2D eigenvalue weighted by molar-refractivity contribution is -0.136. The van der Waals surface area contributed by atoms with Crippen LogP contribution in [0.2, 0.25) is 0 Å².